The van der Waals surface area contributed by atoms with Gasteiger partial charge in [0.25, 0.3) is 0 Å². The number of aromatic carboxylic acids is 2. The minimum absolute atomic E-state index is 0.141. The smallest absolute Gasteiger partial charge is 0.335 e. The van der Waals surface area contributed by atoms with Crippen molar-refractivity contribution in [3.63, 3.8) is 0 Å². The molecule has 0 radical (unpaired) electrons. The average Bonchev–Trinajstić information content (AvgIpc) is 2.85. The normalized spacial score (nSPS) is 10.2. The van der Waals surface area contributed by atoms with Gasteiger partial charge in [-0.05, 0) is 70.8 Å². The minimum atomic E-state index is -1.03. The lowest BCUT2D eigenvalue weighted by molar-refractivity contribution is 0.0686. The van der Waals surface area contributed by atoms with Gasteiger partial charge in [0.1, 0.15) is 6.10 Å². The summed E-state index contributed by atoms with van der Waals surface area (Å²) in [5.74, 6) is -2.06. The van der Waals surface area contributed by atoms with Crippen LogP contribution in [0.1, 0.15) is 37.9 Å². The molecule has 0 spiro atoms. The number of hydrogen-bond donors (Lipinski definition) is 3. The maximum Gasteiger partial charge on any atom is 0.335 e. The SMILES string of the molecule is O=C(O)c1ccc(C(O)c2ccc(C(=O)O)cc2)cc1.c1cc(-c2ccncc2)ccn1. The Kier molecular flexibility index (Phi) is 7.40. The third kappa shape index (κ3) is 5.84. The van der Waals surface area contributed by atoms with Gasteiger partial charge in [-0.1, -0.05) is 24.3 Å². The average molecular weight is 428 g/mol. The predicted molar refractivity (Wildman–Crippen MR) is 118 cm³/mol. The van der Waals surface area contributed by atoms with Crippen LogP contribution in [0.2, 0.25) is 0 Å². The molecule has 0 saturated heterocycles. The Hall–Kier alpha value is -4.36. The second-order valence-electron chi connectivity index (χ2n) is 6.73. The Morgan fingerprint density at radius 1 is 0.562 bits per heavy atom. The molecule has 0 amide bonds. The molecule has 0 bridgehead atoms. The van der Waals surface area contributed by atoms with Crippen molar-refractivity contribution >= 4 is 11.9 Å². The number of carboxylic acids is 2. The zero-order valence-electron chi connectivity index (χ0n) is 16.9. The lowest BCUT2D eigenvalue weighted by Gasteiger charge is -2.12. The number of aromatic nitrogens is 2. The van der Waals surface area contributed by atoms with Gasteiger partial charge in [0, 0.05) is 24.8 Å². The first-order valence-corrected chi connectivity index (χ1v) is 9.60. The van der Waals surface area contributed by atoms with E-state index in [-0.39, 0.29) is 11.1 Å². The maximum atomic E-state index is 10.7. The Balaban J connectivity index is 0.000000204. The summed E-state index contributed by atoms with van der Waals surface area (Å²) in [7, 11) is 0. The molecule has 4 aromatic rings. The van der Waals surface area contributed by atoms with E-state index in [9.17, 15) is 14.7 Å². The van der Waals surface area contributed by atoms with Crippen molar-refractivity contribution in [3.8, 4) is 11.1 Å². The Morgan fingerprint density at radius 2 is 0.875 bits per heavy atom. The number of rotatable bonds is 5. The van der Waals surface area contributed by atoms with Crippen LogP contribution in [0, 0.1) is 0 Å². The summed E-state index contributed by atoms with van der Waals surface area (Å²) in [4.78, 5) is 29.4. The van der Waals surface area contributed by atoms with Crippen molar-refractivity contribution in [2.24, 2.45) is 0 Å². The van der Waals surface area contributed by atoms with E-state index in [2.05, 4.69) is 9.97 Å². The second kappa shape index (κ2) is 10.6. The lowest BCUT2D eigenvalue weighted by Crippen LogP contribution is -2.03. The van der Waals surface area contributed by atoms with Crippen molar-refractivity contribution in [2.45, 2.75) is 6.10 Å². The van der Waals surface area contributed by atoms with E-state index >= 15 is 0 Å². The number of aliphatic hydroxyl groups excluding tert-OH is 1. The molecule has 2 heterocycles. The molecule has 2 aromatic heterocycles. The molecule has 32 heavy (non-hydrogen) atoms. The quantitative estimate of drug-likeness (QED) is 0.433. The number of carbonyl (C=O) groups is 2. The molecule has 4 rings (SSSR count). The second-order valence-corrected chi connectivity index (χ2v) is 6.73. The van der Waals surface area contributed by atoms with Gasteiger partial charge in [0.05, 0.1) is 11.1 Å². The molecule has 7 nitrogen and oxygen atoms in total. The lowest BCUT2D eigenvalue weighted by atomic mass is 9.99. The number of carboxylic acid groups (broad SMARTS) is 2. The van der Waals surface area contributed by atoms with Crippen molar-refractivity contribution in [2.75, 3.05) is 0 Å². The molecule has 0 saturated carbocycles. The Morgan fingerprint density at radius 3 is 1.16 bits per heavy atom. The molecule has 2 aromatic carbocycles. The summed E-state index contributed by atoms with van der Waals surface area (Å²) in [6.45, 7) is 0. The highest BCUT2D eigenvalue weighted by atomic mass is 16.4. The maximum absolute atomic E-state index is 10.7. The molecule has 7 heteroatoms. The van der Waals surface area contributed by atoms with Gasteiger partial charge in [0.2, 0.25) is 0 Å². The predicted octanol–water partition coefficient (Wildman–Crippen LogP) is 4.31. The zero-order valence-corrected chi connectivity index (χ0v) is 16.9. The molecule has 0 aliphatic carbocycles. The van der Waals surface area contributed by atoms with E-state index in [1.165, 1.54) is 59.7 Å². The zero-order chi connectivity index (χ0) is 22.9. The highest BCUT2D eigenvalue weighted by molar-refractivity contribution is 5.88. The number of pyridine rings is 2. The van der Waals surface area contributed by atoms with Crippen LogP contribution in [0.4, 0.5) is 0 Å². The van der Waals surface area contributed by atoms with Gasteiger partial charge < -0.3 is 15.3 Å². The van der Waals surface area contributed by atoms with Gasteiger partial charge >= 0.3 is 11.9 Å². The van der Waals surface area contributed by atoms with Crippen LogP contribution in [0.15, 0.2) is 97.6 Å². The molecule has 3 N–H and O–H groups in total. The fraction of sp³-hybridized carbons (Fsp3) is 0.0400. The summed E-state index contributed by atoms with van der Waals surface area (Å²) >= 11 is 0. The molecular weight excluding hydrogens is 408 g/mol. The highest BCUT2D eigenvalue weighted by Gasteiger charge is 2.12. The number of benzene rings is 2. The molecule has 0 unspecified atom stereocenters. The van der Waals surface area contributed by atoms with Gasteiger partial charge in [-0.3, -0.25) is 9.97 Å². The van der Waals surface area contributed by atoms with Crippen molar-refractivity contribution in [1.82, 2.24) is 9.97 Å². The first kappa shape index (κ1) is 22.3. The number of nitrogens with zero attached hydrogens (tertiary/aromatic N) is 2. The van der Waals surface area contributed by atoms with Gasteiger partial charge in [-0.25, -0.2) is 9.59 Å². The van der Waals surface area contributed by atoms with Crippen molar-refractivity contribution < 1.29 is 24.9 Å². The first-order chi connectivity index (χ1) is 15.5. The topological polar surface area (TPSA) is 121 Å². The first-order valence-electron chi connectivity index (χ1n) is 9.60. The summed E-state index contributed by atoms with van der Waals surface area (Å²) in [5.41, 5.74) is 3.71. The fourth-order valence-corrected chi connectivity index (χ4v) is 2.90. The highest BCUT2D eigenvalue weighted by Crippen LogP contribution is 2.22. The monoisotopic (exact) mass is 428 g/mol. The van der Waals surface area contributed by atoms with E-state index in [0.717, 1.165) is 0 Å². The standard InChI is InChI=1S/C15H12O5.C10H8N2/c16-13(9-1-5-11(6-2-9)14(17)18)10-3-7-12(8-4-10)15(19)20;1-5-11-6-2-9(1)10-3-7-12-8-4-10/h1-8,13,16H,(H,17,18)(H,19,20);1-8H. The summed E-state index contributed by atoms with van der Waals surface area (Å²) in [6, 6.07) is 19.7. The van der Waals surface area contributed by atoms with Gasteiger partial charge in [-0.2, -0.15) is 0 Å². The molecule has 0 fully saturated rings. The van der Waals surface area contributed by atoms with E-state index in [0.29, 0.717) is 11.1 Å². The fourth-order valence-electron chi connectivity index (χ4n) is 2.90. The Labute approximate surface area is 184 Å². The summed E-state index contributed by atoms with van der Waals surface area (Å²) in [5, 5.41) is 27.7. The van der Waals surface area contributed by atoms with Crippen LogP contribution >= 0.6 is 0 Å². The summed E-state index contributed by atoms with van der Waals surface area (Å²) in [6.07, 6.45) is 6.22. The van der Waals surface area contributed by atoms with Gasteiger partial charge in [0.15, 0.2) is 0 Å². The minimum Gasteiger partial charge on any atom is -0.478 e. The third-order valence-corrected chi connectivity index (χ3v) is 4.64. The third-order valence-electron chi connectivity index (χ3n) is 4.64. The Bertz CT molecular complexity index is 1070. The largest absolute Gasteiger partial charge is 0.478 e. The van der Waals surface area contributed by atoms with Crippen LogP contribution < -0.4 is 0 Å². The van der Waals surface area contributed by atoms with E-state index in [1.807, 2.05) is 24.3 Å². The van der Waals surface area contributed by atoms with Crippen LogP contribution in [-0.2, 0) is 0 Å². The van der Waals surface area contributed by atoms with Crippen LogP contribution in [-0.4, -0.2) is 37.2 Å². The molecular formula is C25H20N2O5. The molecule has 0 aliphatic rings. The van der Waals surface area contributed by atoms with Crippen molar-refractivity contribution in [1.29, 1.82) is 0 Å². The van der Waals surface area contributed by atoms with Gasteiger partial charge in [-0.15, -0.1) is 0 Å². The molecule has 0 atom stereocenters. The van der Waals surface area contributed by atoms with E-state index < -0.39 is 18.0 Å². The summed E-state index contributed by atoms with van der Waals surface area (Å²) < 4.78 is 0. The van der Waals surface area contributed by atoms with Crippen LogP contribution in [0.3, 0.4) is 0 Å². The van der Waals surface area contributed by atoms with Crippen LogP contribution in [0.5, 0.6) is 0 Å². The number of aliphatic hydroxyl groups is 1. The molecule has 160 valence electrons. The van der Waals surface area contributed by atoms with Crippen LogP contribution in [0.25, 0.3) is 11.1 Å². The van der Waals surface area contributed by atoms with E-state index in [1.54, 1.807) is 24.8 Å². The van der Waals surface area contributed by atoms with Crippen molar-refractivity contribution in [3.05, 3.63) is 120 Å². The van der Waals surface area contributed by atoms with E-state index in [4.69, 9.17) is 10.2 Å². The molecule has 0 aliphatic heterocycles. The number of hydrogen-bond acceptors (Lipinski definition) is 5.